The molecule has 0 aliphatic carbocycles. The summed E-state index contributed by atoms with van der Waals surface area (Å²) in [4.78, 5) is 13.5. The molecule has 0 aliphatic heterocycles. The fourth-order valence-corrected chi connectivity index (χ4v) is 1.69. The van der Waals surface area contributed by atoms with Crippen LogP contribution in [-0.2, 0) is 4.79 Å². The lowest BCUT2D eigenvalue weighted by Crippen LogP contribution is -2.36. The molecule has 1 rings (SSSR count). The van der Waals surface area contributed by atoms with Crippen molar-refractivity contribution in [1.29, 1.82) is 0 Å². The van der Waals surface area contributed by atoms with Crippen molar-refractivity contribution in [1.82, 2.24) is 0 Å². The number of amides is 1. The monoisotopic (exact) mass is 333 g/mol. The van der Waals surface area contributed by atoms with Crippen LogP contribution in [0.4, 0.5) is 5.69 Å². The number of carbonyl (C=O) groups excluding carboxylic acids is 1. The van der Waals surface area contributed by atoms with E-state index < -0.39 is 0 Å². The fraction of sp³-hybridized carbons (Fsp3) is 0.364. The highest BCUT2D eigenvalue weighted by atomic mass is 79.9. The molecule has 0 heterocycles. The summed E-state index contributed by atoms with van der Waals surface area (Å²) < 4.78 is 0. The second-order valence-electron chi connectivity index (χ2n) is 3.31. The van der Waals surface area contributed by atoms with Crippen LogP contribution in [0, 0.1) is 0 Å². The van der Waals surface area contributed by atoms with Gasteiger partial charge in [-0.15, -0.1) is 0 Å². The Morgan fingerprint density at radius 1 is 1.27 bits per heavy atom. The van der Waals surface area contributed by atoms with Gasteiger partial charge < -0.3 is 4.90 Å². The number of hydrogen-bond donors (Lipinski definition) is 0. The molecule has 0 aliphatic rings. The standard InChI is InChI=1S/C11H13Br2NO/c1-8(12)10(13)11(15)14(2)9-6-4-3-5-7-9/h3-8,10H,1-2H3. The van der Waals surface area contributed by atoms with Crippen LogP contribution in [-0.4, -0.2) is 22.6 Å². The predicted octanol–water partition coefficient (Wildman–Crippen LogP) is 3.20. The van der Waals surface area contributed by atoms with Crippen LogP contribution in [0.15, 0.2) is 30.3 Å². The van der Waals surface area contributed by atoms with Gasteiger partial charge in [0.15, 0.2) is 0 Å². The van der Waals surface area contributed by atoms with E-state index in [-0.39, 0.29) is 15.6 Å². The normalized spacial score (nSPS) is 14.4. The van der Waals surface area contributed by atoms with Gasteiger partial charge in [-0.05, 0) is 12.1 Å². The van der Waals surface area contributed by atoms with Gasteiger partial charge in [-0.25, -0.2) is 0 Å². The van der Waals surface area contributed by atoms with Gasteiger partial charge in [0, 0.05) is 17.6 Å². The lowest BCUT2D eigenvalue weighted by Gasteiger charge is -2.21. The van der Waals surface area contributed by atoms with E-state index in [2.05, 4.69) is 31.9 Å². The third-order valence-electron chi connectivity index (χ3n) is 2.11. The van der Waals surface area contributed by atoms with E-state index in [4.69, 9.17) is 0 Å². The van der Waals surface area contributed by atoms with Crippen molar-refractivity contribution >= 4 is 43.5 Å². The second kappa shape index (κ2) is 5.66. The molecule has 2 nitrogen and oxygen atoms in total. The minimum Gasteiger partial charge on any atom is -0.314 e. The Labute approximate surface area is 107 Å². The first-order valence-corrected chi connectivity index (χ1v) is 6.48. The third-order valence-corrected chi connectivity index (χ3v) is 4.54. The summed E-state index contributed by atoms with van der Waals surface area (Å²) in [6.45, 7) is 1.94. The van der Waals surface area contributed by atoms with E-state index in [1.54, 1.807) is 11.9 Å². The molecular formula is C11H13Br2NO. The van der Waals surface area contributed by atoms with Gasteiger partial charge in [0.2, 0.25) is 5.91 Å². The summed E-state index contributed by atoms with van der Waals surface area (Å²) in [6, 6.07) is 9.59. The SMILES string of the molecule is CC(Br)C(Br)C(=O)N(C)c1ccccc1. The summed E-state index contributed by atoms with van der Waals surface area (Å²) in [6.07, 6.45) is 0. The Bertz CT molecular complexity index is 327. The first-order chi connectivity index (χ1) is 7.04. The minimum absolute atomic E-state index is 0.0468. The average Bonchev–Trinajstić information content (AvgIpc) is 2.27. The third kappa shape index (κ3) is 3.31. The van der Waals surface area contributed by atoms with Gasteiger partial charge >= 0.3 is 0 Å². The zero-order valence-corrected chi connectivity index (χ0v) is 11.8. The van der Waals surface area contributed by atoms with Crippen LogP contribution < -0.4 is 4.90 Å². The van der Waals surface area contributed by atoms with Gasteiger partial charge in [-0.1, -0.05) is 57.0 Å². The molecule has 4 heteroatoms. The molecule has 1 aromatic carbocycles. The van der Waals surface area contributed by atoms with Gasteiger partial charge in [0.1, 0.15) is 4.83 Å². The maximum atomic E-state index is 11.9. The Morgan fingerprint density at radius 3 is 2.27 bits per heavy atom. The summed E-state index contributed by atoms with van der Waals surface area (Å²) in [5.74, 6) is 0.0468. The largest absolute Gasteiger partial charge is 0.314 e. The smallest absolute Gasteiger partial charge is 0.241 e. The van der Waals surface area contributed by atoms with E-state index >= 15 is 0 Å². The molecule has 82 valence electrons. The van der Waals surface area contributed by atoms with Crippen LogP contribution in [0.5, 0.6) is 0 Å². The first kappa shape index (κ1) is 12.7. The van der Waals surface area contributed by atoms with Crippen molar-refractivity contribution in [2.24, 2.45) is 0 Å². The summed E-state index contributed by atoms with van der Waals surface area (Å²) in [5.41, 5.74) is 0.903. The molecule has 15 heavy (non-hydrogen) atoms. The Kier molecular flexibility index (Phi) is 4.80. The van der Waals surface area contributed by atoms with E-state index in [1.807, 2.05) is 37.3 Å². The van der Waals surface area contributed by atoms with Crippen molar-refractivity contribution in [3.8, 4) is 0 Å². The number of rotatable bonds is 3. The fourth-order valence-electron chi connectivity index (χ4n) is 1.16. The number of anilines is 1. The number of hydrogen-bond acceptors (Lipinski definition) is 1. The number of para-hydroxylation sites is 1. The maximum Gasteiger partial charge on any atom is 0.241 e. The molecule has 0 bridgehead atoms. The van der Waals surface area contributed by atoms with Crippen molar-refractivity contribution in [3.63, 3.8) is 0 Å². The molecule has 0 radical (unpaired) electrons. The van der Waals surface area contributed by atoms with Crippen LogP contribution in [0.25, 0.3) is 0 Å². The molecule has 0 N–H and O–H groups in total. The van der Waals surface area contributed by atoms with E-state index in [1.165, 1.54) is 0 Å². The highest BCUT2D eigenvalue weighted by molar-refractivity contribution is 9.12. The summed E-state index contributed by atoms with van der Waals surface area (Å²) in [5, 5.41) is 0. The van der Waals surface area contributed by atoms with Crippen LogP contribution >= 0.6 is 31.9 Å². The highest BCUT2D eigenvalue weighted by Gasteiger charge is 2.23. The lowest BCUT2D eigenvalue weighted by molar-refractivity contribution is -0.117. The highest BCUT2D eigenvalue weighted by Crippen LogP contribution is 2.19. The van der Waals surface area contributed by atoms with Gasteiger partial charge in [0.25, 0.3) is 0 Å². The molecule has 0 fully saturated rings. The molecule has 0 saturated heterocycles. The molecule has 2 unspecified atom stereocenters. The number of alkyl halides is 2. The van der Waals surface area contributed by atoms with Crippen molar-refractivity contribution < 1.29 is 4.79 Å². The molecule has 1 aromatic rings. The molecule has 1 amide bonds. The van der Waals surface area contributed by atoms with Gasteiger partial charge in [-0.2, -0.15) is 0 Å². The quantitative estimate of drug-likeness (QED) is 0.777. The molecule has 0 spiro atoms. The lowest BCUT2D eigenvalue weighted by atomic mass is 10.2. The predicted molar refractivity (Wildman–Crippen MR) is 71.0 cm³/mol. The van der Waals surface area contributed by atoms with E-state index in [0.717, 1.165) is 5.69 Å². The molecular weight excluding hydrogens is 322 g/mol. The zero-order chi connectivity index (χ0) is 11.4. The zero-order valence-electron chi connectivity index (χ0n) is 8.65. The van der Waals surface area contributed by atoms with Crippen LogP contribution in [0.3, 0.4) is 0 Å². The van der Waals surface area contributed by atoms with Gasteiger partial charge in [0.05, 0.1) is 0 Å². The Hall–Kier alpha value is -0.350. The van der Waals surface area contributed by atoms with Crippen molar-refractivity contribution in [2.75, 3.05) is 11.9 Å². The van der Waals surface area contributed by atoms with E-state index in [9.17, 15) is 4.79 Å². The second-order valence-corrected chi connectivity index (χ2v) is 5.74. The van der Waals surface area contributed by atoms with Crippen molar-refractivity contribution in [2.45, 2.75) is 16.6 Å². The van der Waals surface area contributed by atoms with Crippen LogP contribution in [0.2, 0.25) is 0 Å². The summed E-state index contributed by atoms with van der Waals surface area (Å²) in [7, 11) is 1.78. The number of nitrogens with zero attached hydrogens (tertiary/aromatic N) is 1. The van der Waals surface area contributed by atoms with E-state index in [0.29, 0.717) is 0 Å². The van der Waals surface area contributed by atoms with Crippen molar-refractivity contribution in [3.05, 3.63) is 30.3 Å². The topological polar surface area (TPSA) is 20.3 Å². The first-order valence-electron chi connectivity index (χ1n) is 4.65. The van der Waals surface area contributed by atoms with Gasteiger partial charge in [-0.3, -0.25) is 4.79 Å². The number of carbonyl (C=O) groups is 1. The molecule has 0 saturated carbocycles. The Morgan fingerprint density at radius 2 is 1.80 bits per heavy atom. The summed E-state index contributed by atoms with van der Waals surface area (Å²) >= 11 is 6.75. The number of halogens is 2. The number of benzene rings is 1. The molecule has 0 aromatic heterocycles. The maximum absolute atomic E-state index is 11.9. The molecule has 2 atom stereocenters. The average molecular weight is 335 g/mol. The minimum atomic E-state index is -0.206. The van der Waals surface area contributed by atoms with Crippen LogP contribution in [0.1, 0.15) is 6.92 Å². The Balaban J connectivity index is 2.78.